The number of halogens is 1. The molecule has 20 heavy (non-hydrogen) atoms. The number of thiophene rings is 1. The second-order valence-electron chi connectivity index (χ2n) is 5.28. The molecule has 0 bridgehead atoms. The first-order valence-corrected chi connectivity index (χ1v) is 7.67. The van der Waals surface area contributed by atoms with E-state index >= 15 is 0 Å². The number of nitrogens with zero attached hydrogens (tertiary/aromatic N) is 1. The fourth-order valence-electron chi connectivity index (χ4n) is 2.29. The molecule has 1 fully saturated rings. The molecular weight excluding hydrogens is 273 g/mol. The summed E-state index contributed by atoms with van der Waals surface area (Å²) in [6.07, 6.45) is 2.03. The van der Waals surface area contributed by atoms with Gasteiger partial charge in [-0.1, -0.05) is 11.6 Å². The molecule has 3 rings (SSSR count). The lowest BCUT2D eigenvalue weighted by atomic mass is 10.1. The Balaban J connectivity index is 1.87. The van der Waals surface area contributed by atoms with Gasteiger partial charge in [-0.3, -0.25) is 4.79 Å². The van der Waals surface area contributed by atoms with E-state index in [1.54, 1.807) is 28.4 Å². The number of hydrogen-bond donors (Lipinski definition) is 0. The summed E-state index contributed by atoms with van der Waals surface area (Å²) in [5.74, 6) is -0.628. The number of amides is 1. The highest BCUT2D eigenvalue weighted by atomic mass is 32.1. The van der Waals surface area contributed by atoms with Crippen molar-refractivity contribution in [1.29, 1.82) is 0 Å². The quantitative estimate of drug-likeness (QED) is 0.833. The van der Waals surface area contributed by atoms with Crippen molar-refractivity contribution < 1.29 is 9.18 Å². The van der Waals surface area contributed by atoms with Crippen LogP contribution in [-0.4, -0.2) is 16.8 Å². The summed E-state index contributed by atoms with van der Waals surface area (Å²) in [5, 5.41) is 4.04. The van der Waals surface area contributed by atoms with E-state index in [9.17, 15) is 9.18 Å². The average molecular weight is 289 g/mol. The first-order chi connectivity index (χ1) is 9.65. The smallest absolute Gasteiger partial charge is 0.257 e. The van der Waals surface area contributed by atoms with Crippen molar-refractivity contribution in [1.82, 2.24) is 4.90 Å². The Hall–Kier alpha value is -1.68. The van der Waals surface area contributed by atoms with E-state index in [0.717, 1.165) is 24.0 Å². The van der Waals surface area contributed by atoms with E-state index < -0.39 is 5.82 Å². The summed E-state index contributed by atoms with van der Waals surface area (Å²) in [6.45, 7) is 2.44. The molecule has 1 aromatic heterocycles. The number of aryl methyl sites for hydroxylation is 1. The number of hydrogen-bond acceptors (Lipinski definition) is 2. The summed E-state index contributed by atoms with van der Waals surface area (Å²) in [6, 6.07) is 6.98. The van der Waals surface area contributed by atoms with Gasteiger partial charge < -0.3 is 4.90 Å². The van der Waals surface area contributed by atoms with Gasteiger partial charge in [0.25, 0.3) is 5.91 Å². The van der Waals surface area contributed by atoms with Gasteiger partial charge in [0.15, 0.2) is 0 Å². The second-order valence-corrected chi connectivity index (χ2v) is 6.06. The minimum atomic E-state index is -0.434. The van der Waals surface area contributed by atoms with Crippen molar-refractivity contribution in [2.24, 2.45) is 0 Å². The minimum Gasteiger partial charge on any atom is -0.331 e. The van der Waals surface area contributed by atoms with Crippen LogP contribution in [0, 0.1) is 12.7 Å². The van der Waals surface area contributed by atoms with E-state index in [1.165, 1.54) is 6.07 Å². The van der Waals surface area contributed by atoms with Gasteiger partial charge in [0.2, 0.25) is 0 Å². The van der Waals surface area contributed by atoms with Gasteiger partial charge in [-0.05, 0) is 54.3 Å². The van der Waals surface area contributed by atoms with Crippen LogP contribution in [0.3, 0.4) is 0 Å². The van der Waals surface area contributed by atoms with Gasteiger partial charge in [-0.15, -0.1) is 0 Å². The van der Waals surface area contributed by atoms with E-state index in [1.807, 2.05) is 23.8 Å². The number of rotatable bonds is 4. The Kier molecular flexibility index (Phi) is 3.57. The Morgan fingerprint density at radius 1 is 1.40 bits per heavy atom. The standard InChI is InChI=1S/C16H16FNOS/c1-11-2-5-15(17)14(8-11)16(19)18(13-3-4-13)9-12-6-7-20-10-12/h2,5-8,10,13H,3-4,9H2,1H3. The molecule has 0 saturated heterocycles. The molecule has 1 amide bonds. The molecule has 1 aliphatic carbocycles. The van der Waals surface area contributed by atoms with Gasteiger partial charge in [-0.2, -0.15) is 11.3 Å². The Labute approximate surface area is 121 Å². The highest BCUT2D eigenvalue weighted by Crippen LogP contribution is 2.30. The molecule has 0 N–H and O–H groups in total. The fraction of sp³-hybridized carbons (Fsp3) is 0.312. The Morgan fingerprint density at radius 3 is 2.85 bits per heavy atom. The van der Waals surface area contributed by atoms with E-state index in [2.05, 4.69) is 0 Å². The summed E-state index contributed by atoms with van der Waals surface area (Å²) in [7, 11) is 0. The molecule has 0 radical (unpaired) electrons. The van der Waals surface area contributed by atoms with Crippen LogP contribution in [0.15, 0.2) is 35.0 Å². The maximum Gasteiger partial charge on any atom is 0.257 e. The van der Waals surface area contributed by atoms with Gasteiger partial charge in [0, 0.05) is 12.6 Å². The third-order valence-electron chi connectivity index (χ3n) is 3.53. The molecule has 0 spiro atoms. The molecule has 1 aromatic carbocycles. The lowest BCUT2D eigenvalue weighted by Gasteiger charge is -2.22. The zero-order valence-corrected chi connectivity index (χ0v) is 12.1. The zero-order valence-electron chi connectivity index (χ0n) is 11.3. The Morgan fingerprint density at radius 2 is 2.20 bits per heavy atom. The minimum absolute atomic E-state index is 0.187. The molecule has 2 aromatic rings. The van der Waals surface area contributed by atoms with Crippen LogP contribution in [0.1, 0.15) is 34.3 Å². The van der Waals surface area contributed by atoms with Crippen LogP contribution in [-0.2, 0) is 6.54 Å². The summed E-state index contributed by atoms with van der Waals surface area (Å²) in [4.78, 5) is 14.4. The maximum absolute atomic E-state index is 13.9. The first-order valence-electron chi connectivity index (χ1n) is 6.73. The van der Waals surface area contributed by atoms with Crippen molar-refractivity contribution in [2.75, 3.05) is 0 Å². The molecule has 0 atom stereocenters. The molecule has 1 heterocycles. The van der Waals surface area contributed by atoms with Crippen LogP contribution >= 0.6 is 11.3 Å². The summed E-state index contributed by atoms with van der Waals surface area (Å²) < 4.78 is 13.9. The predicted molar refractivity (Wildman–Crippen MR) is 78.4 cm³/mol. The van der Waals surface area contributed by atoms with E-state index in [-0.39, 0.29) is 17.5 Å². The van der Waals surface area contributed by atoms with Crippen molar-refractivity contribution >= 4 is 17.2 Å². The highest BCUT2D eigenvalue weighted by Gasteiger charge is 2.34. The normalized spacial score (nSPS) is 14.3. The largest absolute Gasteiger partial charge is 0.331 e. The van der Waals surface area contributed by atoms with E-state index in [0.29, 0.717) is 6.54 Å². The SMILES string of the molecule is Cc1ccc(F)c(C(=O)N(Cc2ccsc2)C2CC2)c1. The lowest BCUT2D eigenvalue weighted by molar-refractivity contribution is 0.0725. The number of carbonyl (C=O) groups is 1. The number of carbonyl (C=O) groups excluding carboxylic acids is 1. The molecule has 104 valence electrons. The third kappa shape index (κ3) is 2.75. The number of benzene rings is 1. The maximum atomic E-state index is 13.9. The van der Waals surface area contributed by atoms with Crippen LogP contribution < -0.4 is 0 Å². The molecule has 1 aliphatic rings. The van der Waals surface area contributed by atoms with Crippen LogP contribution in [0.5, 0.6) is 0 Å². The topological polar surface area (TPSA) is 20.3 Å². The van der Waals surface area contributed by atoms with E-state index in [4.69, 9.17) is 0 Å². The van der Waals surface area contributed by atoms with Crippen LogP contribution in [0.4, 0.5) is 4.39 Å². The molecule has 2 nitrogen and oxygen atoms in total. The van der Waals surface area contributed by atoms with Gasteiger partial charge >= 0.3 is 0 Å². The van der Waals surface area contributed by atoms with Crippen molar-refractivity contribution in [3.63, 3.8) is 0 Å². The second kappa shape index (κ2) is 5.37. The molecule has 1 saturated carbocycles. The van der Waals surface area contributed by atoms with Crippen LogP contribution in [0.25, 0.3) is 0 Å². The van der Waals surface area contributed by atoms with Crippen molar-refractivity contribution in [2.45, 2.75) is 32.4 Å². The van der Waals surface area contributed by atoms with Crippen molar-refractivity contribution in [3.8, 4) is 0 Å². The average Bonchev–Trinajstić information content (AvgIpc) is 3.15. The van der Waals surface area contributed by atoms with Gasteiger partial charge in [0.05, 0.1) is 5.56 Å². The molecule has 0 unspecified atom stereocenters. The van der Waals surface area contributed by atoms with Gasteiger partial charge in [0.1, 0.15) is 5.82 Å². The van der Waals surface area contributed by atoms with Gasteiger partial charge in [-0.25, -0.2) is 4.39 Å². The van der Waals surface area contributed by atoms with Crippen LogP contribution in [0.2, 0.25) is 0 Å². The first kappa shape index (κ1) is 13.3. The molecular formula is C16H16FNOS. The van der Waals surface area contributed by atoms with Crippen molar-refractivity contribution in [3.05, 3.63) is 57.5 Å². The predicted octanol–water partition coefficient (Wildman–Crippen LogP) is 4.00. The molecule has 0 aliphatic heterocycles. The Bertz CT molecular complexity index is 619. The zero-order chi connectivity index (χ0) is 14.1. The summed E-state index contributed by atoms with van der Waals surface area (Å²) >= 11 is 1.61. The summed E-state index contributed by atoms with van der Waals surface area (Å²) in [5.41, 5.74) is 2.21. The monoisotopic (exact) mass is 289 g/mol. The third-order valence-corrected chi connectivity index (χ3v) is 4.27. The molecule has 4 heteroatoms. The highest BCUT2D eigenvalue weighted by molar-refractivity contribution is 7.07. The fourth-order valence-corrected chi connectivity index (χ4v) is 2.95. The lowest BCUT2D eigenvalue weighted by Crippen LogP contribution is -2.33.